The first kappa shape index (κ1) is 25.5. The van der Waals surface area contributed by atoms with E-state index in [0.717, 1.165) is 22.4 Å². The Kier molecular flexibility index (Phi) is 6.93. The molecule has 7 nitrogen and oxygen atoms in total. The van der Waals surface area contributed by atoms with Crippen molar-refractivity contribution in [2.75, 3.05) is 6.61 Å². The minimum atomic E-state index is -0.555. The number of nitrogens with zero attached hydrogens (tertiary/aromatic N) is 2. The maximum absolute atomic E-state index is 13.6. The molecule has 196 valence electrons. The van der Waals surface area contributed by atoms with Crippen molar-refractivity contribution in [1.29, 1.82) is 0 Å². The summed E-state index contributed by atoms with van der Waals surface area (Å²) >= 11 is 0. The Balaban J connectivity index is 1.49. The van der Waals surface area contributed by atoms with E-state index in [0.29, 0.717) is 18.6 Å². The fraction of sp³-hybridized carbons (Fsp3) is 0.323. The van der Waals surface area contributed by atoms with Crippen LogP contribution >= 0.6 is 0 Å². The van der Waals surface area contributed by atoms with E-state index in [9.17, 15) is 9.59 Å². The molecular formula is C31H34N4O3. The molecule has 3 atom stereocenters. The molecular weight excluding hydrogens is 476 g/mol. The molecule has 2 aliphatic heterocycles. The van der Waals surface area contributed by atoms with Crippen molar-refractivity contribution in [3.63, 3.8) is 0 Å². The SMILES string of the molecule is CC(C)[C@]1(C)CC(=O)N([C@H](c2ccccc2)c2cccc(C(=O)N[C@H]3CCOc4ccccc43)c2)C(N)=N1. The summed E-state index contributed by atoms with van der Waals surface area (Å²) in [6, 6.07) is 24.3. The monoisotopic (exact) mass is 510 g/mol. The number of carbonyl (C=O) groups is 2. The highest BCUT2D eigenvalue weighted by molar-refractivity contribution is 6.00. The van der Waals surface area contributed by atoms with E-state index in [1.807, 2.05) is 93.6 Å². The number of fused-ring (bicyclic) bond motifs is 1. The molecule has 0 unspecified atom stereocenters. The quantitative estimate of drug-likeness (QED) is 0.488. The standard InChI is InChI=1S/C31H34N4O3/c1-20(2)31(3)19-27(36)35(30(32)34-31)28(21-10-5-4-6-11-21)22-12-9-13-23(18-22)29(37)33-25-16-17-38-26-15-8-7-14-24(25)26/h4-15,18,20,25,28H,16-17,19H2,1-3H3,(H2,32,34)(H,33,37)/t25-,28+,31-/m0/s1. The van der Waals surface area contributed by atoms with Gasteiger partial charge in [-0.05, 0) is 42.2 Å². The first-order chi connectivity index (χ1) is 18.3. The van der Waals surface area contributed by atoms with Crippen LogP contribution in [0.1, 0.15) is 72.7 Å². The Labute approximate surface area is 223 Å². The third-order valence-corrected chi connectivity index (χ3v) is 7.74. The van der Waals surface area contributed by atoms with Gasteiger partial charge in [0.2, 0.25) is 5.91 Å². The van der Waals surface area contributed by atoms with Crippen molar-refractivity contribution in [3.05, 3.63) is 101 Å². The lowest BCUT2D eigenvalue weighted by atomic mass is 9.83. The highest BCUT2D eigenvalue weighted by atomic mass is 16.5. The Morgan fingerprint density at radius 3 is 2.50 bits per heavy atom. The van der Waals surface area contributed by atoms with E-state index >= 15 is 0 Å². The zero-order valence-corrected chi connectivity index (χ0v) is 22.1. The first-order valence-corrected chi connectivity index (χ1v) is 13.1. The lowest BCUT2D eigenvalue weighted by Crippen LogP contribution is -2.53. The number of nitrogens with one attached hydrogen (secondary N) is 1. The van der Waals surface area contributed by atoms with Crippen molar-refractivity contribution < 1.29 is 14.3 Å². The number of nitrogens with two attached hydrogens (primary N) is 1. The van der Waals surface area contributed by atoms with Gasteiger partial charge >= 0.3 is 0 Å². The smallest absolute Gasteiger partial charge is 0.251 e. The molecule has 3 aromatic rings. The molecule has 0 radical (unpaired) electrons. The van der Waals surface area contributed by atoms with Gasteiger partial charge in [-0.15, -0.1) is 0 Å². The van der Waals surface area contributed by atoms with Gasteiger partial charge in [0.1, 0.15) is 5.75 Å². The van der Waals surface area contributed by atoms with Gasteiger partial charge in [0.05, 0.1) is 30.7 Å². The van der Waals surface area contributed by atoms with E-state index in [4.69, 9.17) is 15.5 Å². The molecule has 5 rings (SSSR count). The van der Waals surface area contributed by atoms with Crippen LogP contribution in [0.2, 0.25) is 0 Å². The molecule has 3 N–H and O–H groups in total. The minimum Gasteiger partial charge on any atom is -0.493 e. The average molecular weight is 511 g/mol. The van der Waals surface area contributed by atoms with Gasteiger partial charge in [-0.3, -0.25) is 14.5 Å². The van der Waals surface area contributed by atoms with Crippen LogP contribution in [-0.2, 0) is 4.79 Å². The van der Waals surface area contributed by atoms with Crippen LogP contribution in [0.15, 0.2) is 83.9 Å². The van der Waals surface area contributed by atoms with Crippen LogP contribution in [0.5, 0.6) is 5.75 Å². The lowest BCUT2D eigenvalue weighted by molar-refractivity contribution is -0.131. The number of para-hydroxylation sites is 1. The highest BCUT2D eigenvalue weighted by Gasteiger charge is 2.41. The van der Waals surface area contributed by atoms with Crippen LogP contribution in [-0.4, -0.2) is 34.8 Å². The van der Waals surface area contributed by atoms with Gasteiger partial charge in [-0.1, -0.05) is 74.5 Å². The maximum Gasteiger partial charge on any atom is 0.251 e. The predicted molar refractivity (Wildman–Crippen MR) is 148 cm³/mol. The molecule has 0 bridgehead atoms. The third kappa shape index (κ3) is 4.88. The van der Waals surface area contributed by atoms with E-state index in [2.05, 4.69) is 5.32 Å². The van der Waals surface area contributed by atoms with Crippen LogP contribution < -0.4 is 15.8 Å². The zero-order chi connectivity index (χ0) is 26.9. The van der Waals surface area contributed by atoms with Crippen molar-refractivity contribution in [2.45, 2.75) is 51.2 Å². The van der Waals surface area contributed by atoms with Gasteiger partial charge in [0, 0.05) is 17.5 Å². The van der Waals surface area contributed by atoms with Crippen LogP contribution in [0.25, 0.3) is 0 Å². The summed E-state index contributed by atoms with van der Waals surface area (Å²) in [6.45, 7) is 6.61. The molecule has 0 saturated heterocycles. The van der Waals surface area contributed by atoms with Crippen molar-refractivity contribution in [2.24, 2.45) is 16.6 Å². The Hall–Kier alpha value is -4.13. The number of rotatable bonds is 6. The molecule has 2 aliphatic rings. The van der Waals surface area contributed by atoms with E-state index in [1.54, 1.807) is 11.0 Å². The number of carbonyl (C=O) groups excluding carboxylic acids is 2. The fourth-order valence-corrected chi connectivity index (χ4v) is 5.19. The second-order valence-electron chi connectivity index (χ2n) is 10.6. The Bertz CT molecular complexity index is 1370. The number of ether oxygens (including phenoxy) is 1. The molecule has 2 heterocycles. The van der Waals surface area contributed by atoms with E-state index in [-0.39, 0.29) is 36.2 Å². The summed E-state index contributed by atoms with van der Waals surface area (Å²) in [5.74, 6) is 0.883. The summed E-state index contributed by atoms with van der Waals surface area (Å²) in [5, 5.41) is 3.17. The van der Waals surface area contributed by atoms with Gasteiger partial charge < -0.3 is 15.8 Å². The molecule has 0 fully saturated rings. The fourth-order valence-electron chi connectivity index (χ4n) is 5.19. The van der Waals surface area contributed by atoms with Crippen LogP contribution in [0, 0.1) is 5.92 Å². The molecule has 0 aromatic heterocycles. The summed E-state index contributed by atoms with van der Waals surface area (Å²) in [5.41, 5.74) is 9.10. The van der Waals surface area contributed by atoms with Crippen molar-refractivity contribution in [3.8, 4) is 5.75 Å². The first-order valence-electron chi connectivity index (χ1n) is 13.1. The largest absolute Gasteiger partial charge is 0.493 e. The van der Waals surface area contributed by atoms with Crippen molar-refractivity contribution in [1.82, 2.24) is 10.2 Å². The van der Waals surface area contributed by atoms with Crippen LogP contribution in [0.3, 0.4) is 0 Å². The molecule has 0 spiro atoms. The Morgan fingerprint density at radius 1 is 1.05 bits per heavy atom. The summed E-state index contributed by atoms with van der Waals surface area (Å²) in [6.07, 6.45) is 0.955. The second-order valence-corrected chi connectivity index (χ2v) is 10.6. The molecule has 0 saturated carbocycles. The summed E-state index contributed by atoms with van der Waals surface area (Å²) in [7, 11) is 0. The van der Waals surface area contributed by atoms with Gasteiger partial charge in [0.25, 0.3) is 5.91 Å². The maximum atomic E-state index is 13.6. The summed E-state index contributed by atoms with van der Waals surface area (Å²) in [4.78, 5) is 33.4. The summed E-state index contributed by atoms with van der Waals surface area (Å²) < 4.78 is 5.75. The van der Waals surface area contributed by atoms with Crippen LogP contribution in [0.4, 0.5) is 0 Å². The van der Waals surface area contributed by atoms with Gasteiger partial charge in [-0.2, -0.15) is 0 Å². The molecule has 38 heavy (non-hydrogen) atoms. The minimum absolute atomic E-state index is 0.0868. The van der Waals surface area contributed by atoms with E-state index in [1.165, 1.54) is 0 Å². The topological polar surface area (TPSA) is 97.0 Å². The number of aliphatic imine (C=N–C) groups is 1. The molecule has 3 aromatic carbocycles. The van der Waals surface area contributed by atoms with Gasteiger partial charge in [0.15, 0.2) is 5.96 Å². The lowest BCUT2D eigenvalue weighted by Gasteiger charge is -2.41. The third-order valence-electron chi connectivity index (χ3n) is 7.74. The predicted octanol–water partition coefficient (Wildman–Crippen LogP) is 4.99. The Morgan fingerprint density at radius 2 is 1.76 bits per heavy atom. The molecule has 7 heteroatoms. The number of hydrogen-bond donors (Lipinski definition) is 2. The zero-order valence-electron chi connectivity index (χ0n) is 22.1. The van der Waals surface area contributed by atoms with Crippen molar-refractivity contribution >= 4 is 17.8 Å². The highest BCUT2D eigenvalue weighted by Crippen LogP contribution is 2.37. The average Bonchev–Trinajstić information content (AvgIpc) is 2.91. The normalized spacial score (nSPS) is 21.8. The van der Waals surface area contributed by atoms with E-state index < -0.39 is 11.6 Å². The number of benzene rings is 3. The number of hydrogen-bond acceptors (Lipinski definition) is 5. The number of guanidine groups is 1. The van der Waals surface area contributed by atoms with Gasteiger partial charge in [-0.25, -0.2) is 4.99 Å². The molecule has 2 amide bonds. The number of amides is 2. The molecule has 0 aliphatic carbocycles. The second kappa shape index (κ2) is 10.3.